The van der Waals surface area contributed by atoms with Crippen LogP contribution in [0.1, 0.15) is 0 Å². The van der Waals surface area contributed by atoms with Crippen LogP contribution in [0.15, 0.2) is 11.9 Å². The number of nitrogens with two attached hydrogens (primary N) is 1. The lowest BCUT2D eigenvalue weighted by atomic mass is 10.6. The van der Waals surface area contributed by atoms with Gasteiger partial charge in [-0.3, -0.25) is 9.13 Å². The van der Waals surface area contributed by atoms with Gasteiger partial charge in [0.05, 0.1) is 5.31 Å². The second kappa shape index (κ2) is 3.40. The zero-order chi connectivity index (χ0) is 10.2. The van der Waals surface area contributed by atoms with E-state index < -0.39 is 26.3 Å². The highest BCUT2D eigenvalue weighted by Gasteiger charge is 2.35. The van der Waals surface area contributed by atoms with Gasteiger partial charge in [0.2, 0.25) is 0 Å². The number of rotatable bonds is 3. The highest BCUT2D eigenvalue weighted by molar-refractivity contribution is 7.60. The standard InChI is InChI=1S/C3H9NO6P2/c1-2(11(5,6)7)3(4)12(8,9)10/h3H,1,4H2,(H2,5,6,7)(H2,8,9,10). The maximum atomic E-state index is 10.4. The first-order valence-electron chi connectivity index (χ1n) is 2.62. The van der Waals surface area contributed by atoms with Gasteiger partial charge in [-0.15, -0.1) is 0 Å². The molecule has 7 nitrogen and oxygen atoms in total. The predicted octanol–water partition coefficient (Wildman–Crippen LogP) is -0.860. The molecule has 0 aliphatic rings. The Balaban J connectivity index is 4.77. The molecular formula is C3H9NO6P2. The number of hydrogen-bond donors (Lipinski definition) is 5. The average molecular weight is 217 g/mol. The van der Waals surface area contributed by atoms with E-state index in [2.05, 4.69) is 6.58 Å². The molecule has 72 valence electrons. The third-order valence-corrected chi connectivity index (χ3v) is 3.34. The second-order valence-corrected chi connectivity index (χ2v) is 5.47. The van der Waals surface area contributed by atoms with Gasteiger partial charge >= 0.3 is 15.2 Å². The normalized spacial score (nSPS) is 15.8. The van der Waals surface area contributed by atoms with E-state index in [9.17, 15) is 9.13 Å². The lowest BCUT2D eigenvalue weighted by molar-refractivity contribution is 0.356. The van der Waals surface area contributed by atoms with E-state index in [1.165, 1.54) is 0 Å². The van der Waals surface area contributed by atoms with Gasteiger partial charge in [-0.2, -0.15) is 0 Å². The molecule has 0 rings (SSSR count). The maximum absolute atomic E-state index is 10.4. The summed E-state index contributed by atoms with van der Waals surface area (Å²) in [6.07, 6.45) is 0. The van der Waals surface area contributed by atoms with E-state index in [0.29, 0.717) is 0 Å². The van der Waals surface area contributed by atoms with Crippen LogP contribution >= 0.6 is 15.2 Å². The monoisotopic (exact) mass is 217 g/mol. The molecule has 0 aliphatic heterocycles. The van der Waals surface area contributed by atoms with Crippen molar-refractivity contribution >= 4 is 15.2 Å². The summed E-state index contributed by atoms with van der Waals surface area (Å²) in [6.45, 7) is 2.81. The van der Waals surface area contributed by atoms with Gasteiger partial charge in [0, 0.05) is 0 Å². The van der Waals surface area contributed by atoms with Gasteiger partial charge in [0.15, 0.2) is 0 Å². The van der Waals surface area contributed by atoms with Gasteiger partial charge in [-0.05, 0) is 0 Å². The Kier molecular flexibility index (Phi) is 3.40. The molecule has 12 heavy (non-hydrogen) atoms. The quantitative estimate of drug-likeness (QED) is 0.387. The first-order valence-corrected chi connectivity index (χ1v) is 5.92. The smallest absolute Gasteiger partial charge is 0.323 e. The number of hydrogen-bond acceptors (Lipinski definition) is 3. The average Bonchev–Trinajstić information content (AvgIpc) is 1.80. The molecule has 1 unspecified atom stereocenters. The summed E-state index contributed by atoms with van der Waals surface area (Å²) in [5, 5.41) is -0.962. The molecule has 0 fully saturated rings. The van der Waals surface area contributed by atoms with Crippen LogP contribution in [0.25, 0.3) is 0 Å². The summed E-state index contributed by atoms with van der Waals surface area (Å²) >= 11 is 0. The first kappa shape index (κ1) is 12.0. The van der Waals surface area contributed by atoms with Crippen LogP contribution in [0.2, 0.25) is 0 Å². The Labute approximate surface area is 68.2 Å². The van der Waals surface area contributed by atoms with Gasteiger partial charge in [-0.1, -0.05) is 6.58 Å². The van der Waals surface area contributed by atoms with E-state index in [4.69, 9.17) is 25.3 Å². The van der Waals surface area contributed by atoms with Crippen molar-refractivity contribution in [3.05, 3.63) is 11.9 Å². The van der Waals surface area contributed by atoms with Crippen LogP contribution in [-0.2, 0) is 9.13 Å². The molecule has 9 heteroatoms. The molecule has 1 atom stereocenters. The molecule has 0 heterocycles. The van der Waals surface area contributed by atoms with Crippen molar-refractivity contribution in [1.29, 1.82) is 0 Å². The largest absolute Gasteiger partial charge is 0.353 e. The van der Waals surface area contributed by atoms with Crippen molar-refractivity contribution in [1.82, 2.24) is 0 Å². The minimum absolute atomic E-state index is 0.962. The molecule has 0 spiro atoms. The Bertz CT molecular complexity index is 275. The maximum Gasteiger partial charge on any atom is 0.353 e. The molecule has 0 radical (unpaired) electrons. The lowest BCUT2D eigenvalue weighted by Crippen LogP contribution is -2.22. The van der Waals surface area contributed by atoms with Crippen LogP contribution in [0, 0.1) is 0 Å². The van der Waals surface area contributed by atoms with E-state index in [0.717, 1.165) is 0 Å². The van der Waals surface area contributed by atoms with E-state index in [1.54, 1.807) is 0 Å². The van der Waals surface area contributed by atoms with Crippen molar-refractivity contribution in [3.63, 3.8) is 0 Å². The molecule has 0 amide bonds. The molecular weight excluding hydrogens is 208 g/mol. The van der Waals surface area contributed by atoms with Gasteiger partial charge in [0.25, 0.3) is 0 Å². The van der Waals surface area contributed by atoms with Crippen molar-refractivity contribution in [2.45, 2.75) is 5.78 Å². The van der Waals surface area contributed by atoms with Crippen LogP contribution in [0.3, 0.4) is 0 Å². The molecule has 0 aromatic heterocycles. The van der Waals surface area contributed by atoms with Gasteiger partial charge in [0.1, 0.15) is 5.78 Å². The lowest BCUT2D eigenvalue weighted by Gasteiger charge is -2.16. The third-order valence-electron chi connectivity index (χ3n) is 1.08. The predicted molar refractivity (Wildman–Crippen MR) is 41.2 cm³/mol. The van der Waals surface area contributed by atoms with E-state index in [1.807, 2.05) is 0 Å². The zero-order valence-electron chi connectivity index (χ0n) is 5.86. The topological polar surface area (TPSA) is 141 Å². The van der Waals surface area contributed by atoms with Gasteiger partial charge < -0.3 is 25.3 Å². The summed E-state index contributed by atoms with van der Waals surface area (Å²) in [7, 11) is -9.44. The van der Waals surface area contributed by atoms with Crippen molar-refractivity contribution in [3.8, 4) is 0 Å². The summed E-state index contributed by atoms with van der Waals surface area (Å²) in [6, 6.07) is 0. The molecule has 0 bridgehead atoms. The Morgan fingerprint density at radius 2 is 1.58 bits per heavy atom. The van der Waals surface area contributed by atoms with Crippen LogP contribution in [0.5, 0.6) is 0 Å². The molecule has 6 N–H and O–H groups in total. The molecule has 0 saturated carbocycles. The highest BCUT2D eigenvalue weighted by Crippen LogP contribution is 2.54. The summed E-state index contributed by atoms with van der Waals surface area (Å²) in [5.41, 5.74) is 4.83. The summed E-state index contributed by atoms with van der Waals surface area (Å²) in [4.78, 5) is 33.6. The summed E-state index contributed by atoms with van der Waals surface area (Å²) < 4.78 is 20.8. The van der Waals surface area contributed by atoms with Crippen LogP contribution in [0.4, 0.5) is 0 Å². The molecule has 0 aliphatic carbocycles. The van der Waals surface area contributed by atoms with Gasteiger partial charge in [-0.25, -0.2) is 0 Å². The van der Waals surface area contributed by atoms with E-state index in [-0.39, 0.29) is 0 Å². The second-order valence-electron chi connectivity index (χ2n) is 2.07. The Morgan fingerprint density at radius 1 is 1.25 bits per heavy atom. The fraction of sp³-hybridized carbons (Fsp3) is 0.333. The van der Waals surface area contributed by atoms with Crippen molar-refractivity contribution < 1.29 is 28.7 Å². The first-order chi connectivity index (χ1) is 5.07. The minimum atomic E-state index is -4.72. The van der Waals surface area contributed by atoms with Crippen molar-refractivity contribution in [2.24, 2.45) is 5.73 Å². The fourth-order valence-corrected chi connectivity index (χ4v) is 2.00. The Morgan fingerprint density at radius 3 is 1.67 bits per heavy atom. The summed E-state index contributed by atoms with van der Waals surface area (Å²) in [5.74, 6) is -2.02. The fourth-order valence-electron chi connectivity index (χ4n) is 0.366. The van der Waals surface area contributed by atoms with E-state index >= 15 is 0 Å². The van der Waals surface area contributed by atoms with Crippen LogP contribution < -0.4 is 5.73 Å². The minimum Gasteiger partial charge on any atom is -0.323 e. The highest BCUT2D eigenvalue weighted by atomic mass is 31.2. The zero-order valence-corrected chi connectivity index (χ0v) is 7.65. The third kappa shape index (κ3) is 3.16. The van der Waals surface area contributed by atoms with Crippen LogP contribution in [-0.4, -0.2) is 25.4 Å². The molecule has 0 saturated heterocycles. The SMILES string of the molecule is C=C(C(N)P(=O)(O)O)P(=O)(O)O. The molecule has 0 aromatic carbocycles. The molecule has 0 aromatic rings. The Hall–Kier alpha value is -0.0000000000000000416. The van der Waals surface area contributed by atoms with Crippen molar-refractivity contribution in [2.75, 3.05) is 0 Å².